The third kappa shape index (κ3) is 3.77. The number of methoxy groups -OCH3 is 1. The lowest BCUT2D eigenvalue weighted by Gasteiger charge is -2.13. The molecule has 0 radical (unpaired) electrons. The van der Waals surface area contributed by atoms with Gasteiger partial charge >= 0.3 is 0 Å². The SMILES string of the molecule is COc1ccc(NC(=O)c2ccc3c(c2)C(=O)N(CCc2ccccc2)C3=O)cn1. The quantitative estimate of drug-likeness (QED) is 0.641. The number of anilines is 1. The van der Waals surface area contributed by atoms with Gasteiger partial charge in [-0.25, -0.2) is 4.98 Å². The van der Waals surface area contributed by atoms with Crippen molar-refractivity contribution in [3.63, 3.8) is 0 Å². The molecular weight excluding hydrogens is 382 g/mol. The molecular formula is C23H19N3O4. The number of imide groups is 1. The molecule has 4 rings (SSSR count). The maximum atomic E-state index is 12.8. The minimum atomic E-state index is -0.396. The van der Waals surface area contributed by atoms with Crippen LogP contribution in [0.3, 0.4) is 0 Å². The highest BCUT2D eigenvalue weighted by atomic mass is 16.5. The van der Waals surface area contributed by atoms with E-state index in [1.54, 1.807) is 12.1 Å². The Morgan fingerprint density at radius 1 is 1.00 bits per heavy atom. The first-order valence-electron chi connectivity index (χ1n) is 9.42. The van der Waals surface area contributed by atoms with Crippen LogP contribution in [0.25, 0.3) is 0 Å². The molecule has 3 aromatic rings. The molecule has 150 valence electrons. The maximum absolute atomic E-state index is 12.8. The van der Waals surface area contributed by atoms with Gasteiger partial charge in [0.15, 0.2) is 0 Å². The molecule has 1 aromatic heterocycles. The average Bonchev–Trinajstić information content (AvgIpc) is 3.02. The van der Waals surface area contributed by atoms with E-state index in [0.29, 0.717) is 23.6 Å². The Balaban J connectivity index is 1.48. The summed E-state index contributed by atoms with van der Waals surface area (Å²) in [6.07, 6.45) is 2.05. The molecule has 1 aliphatic heterocycles. The van der Waals surface area contributed by atoms with Crippen LogP contribution in [0.1, 0.15) is 36.6 Å². The van der Waals surface area contributed by atoms with Crippen molar-refractivity contribution >= 4 is 23.4 Å². The Kier molecular flexibility index (Phi) is 5.26. The molecule has 2 aromatic carbocycles. The summed E-state index contributed by atoms with van der Waals surface area (Å²) in [6, 6.07) is 17.5. The summed E-state index contributed by atoms with van der Waals surface area (Å²) in [7, 11) is 1.51. The van der Waals surface area contributed by atoms with Crippen LogP contribution < -0.4 is 10.1 Å². The van der Waals surface area contributed by atoms with Crippen molar-refractivity contribution < 1.29 is 19.1 Å². The highest BCUT2D eigenvalue weighted by molar-refractivity contribution is 6.22. The van der Waals surface area contributed by atoms with Crippen molar-refractivity contribution in [2.24, 2.45) is 0 Å². The van der Waals surface area contributed by atoms with Crippen molar-refractivity contribution in [2.75, 3.05) is 19.0 Å². The van der Waals surface area contributed by atoms with Crippen molar-refractivity contribution in [1.82, 2.24) is 9.88 Å². The summed E-state index contributed by atoms with van der Waals surface area (Å²) in [5.41, 5.74) is 2.38. The molecule has 0 bridgehead atoms. The van der Waals surface area contributed by atoms with Gasteiger partial charge < -0.3 is 10.1 Å². The summed E-state index contributed by atoms with van der Waals surface area (Å²) in [4.78, 5) is 43.3. The van der Waals surface area contributed by atoms with E-state index in [-0.39, 0.29) is 29.5 Å². The van der Waals surface area contributed by atoms with E-state index in [0.717, 1.165) is 5.56 Å². The van der Waals surface area contributed by atoms with Crippen LogP contribution in [0.15, 0.2) is 66.9 Å². The minimum absolute atomic E-state index is 0.244. The fraction of sp³-hybridized carbons (Fsp3) is 0.130. The van der Waals surface area contributed by atoms with Gasteiger partial charge in [-0.05, 0) is 36.2 Å². The number of nitrogens with one attached hydrogen (secondary N) is 1. The maximum Gasteiger partial charge on any atom is 0.261 e. The van der Waals surface area contributed by atoms with E-state index >= 15 is 0 Å². The van der Waals surface area contributed by atoms with Gasteiger partial charge in [-0.15, -0.1) is 0 Å². The Bertz CT molecular complexity index is 1110. The zero-order valence-electron chi connectivity index (χ0n) is 16.3. The van der Waals surface area contributed by atoms with Crippen molar-refractivity contribution in [2.45, 2.75) is 6.42 Å². The van der Waals surface area contributed by atoms with E-state index in [9.17, 15) is 14.4 Å². The molecule has 2 heterocycles. The standard InChI is InChI=1S/C23H19N3O4/c1-30-20-10-8-17(14-24-20)25-21(27)16-7-9-18-19(13-16)23(29)26(22(18)28)12-11-15-5-3-2-4-6-15/h2-10,13-14H,11-12H2,1H3,(H,25,27). The second-order valence-corrected chi connectivity index (χ2v) is 6.80. The lowest BCUT2D eigenvalue weighted by Crippen LogP contribution is -2.31. The molecule has 7 heteroatoms. The number of carbonyl (C=O) groups excluding carboxylic acids is 3. The summed E-state index contributed by atoms with van der Waals surface area (Å²) < 4.78 is 4.99. The summed E-state index contributed by atoms with van der Waals surface area (Å²) in [6.45, 7) is 0.287. The summed E-state index contributed by atoms with van der Waals surface area (Å²) >= 11 is 0. The second-order valence-electron chi connectivity index (χ2n) is 6.80. The van der Waals surface area contributed by atoms with Crippen molar-refractivity contribution in [1.29, 1.82) is 0 Å². The van der Waals surface area contributed by atoms with Gasteiger partial charge in [0, 0.05) is 18.2 Å². The number of benzene rings is 2. The van der Waals surface area contributed by atoms with E-state index in [1.807, 2.05) is 30.3 Å². The highest BCUT2D eigenvalue weighted by Crippen LogP contribution is 2.25. The van der Waals surface area contributed by atoms with Gasteiger partial charge in [-0.2, -0.15) is 0 Å². The number of hydrogen-bond donors (Lipinski definition) is 1. The molecule has 1 aliphatic rings. The number of ether oxygens (including phenoxy) is 1. The predicted octanol–water partition coefficient (Wildman–Crippen LogP) is 3.18. The van der Waals surface area contributed by atoms with Crippen LogP contribution >= 0.6 is 0 Å². The molecule has 30 heavy (non-hydrogen) atoms. The van der Waals surface area contributed by atoms with Gasteiger partial charge in [0.05, 0.1) is 30.1 Å². The molecule has 0 unspecified atom stereocenters. The first-order chi connectivity index (χ1) is 14.6. The monoisotopic (exact) mass is 401 g/mol. The fourth-order valence-corrected chi connectivity index (χ4v) is 3.30. The first kappa shape index (κ1) is 19.3. The van der Waals surface area contributed by atoms with E-state index in [4.69, 9.17) is 4.74 Å². The van der Waals surface area contributed by atoms with Crippen LogP contribution in [0.4, 0.5) is 5.69 Å². The average molecular weight is 401 g/mol. The zero-order valence-corrected chi connectivity index (χ0v) is 16.3. The van der Waals surface area contributed by atoms with Crippen LogP contribution in [-0.2, 0) is 6.42 Å². The lowest BCUT2D eigenvalue weighted by molar-refractivity contribution is 0.0656. The van der Waals surface area contributed by atoms with Gasteiger partial charge in [0.1, 0.15) is 0 Å². The molecule has 0 spiro atoms. The van der Waals surface area contributed by atoms with Crippen LogP contribution in [0.2, 0.25) is 0 Å². The van der Waals surface area contributed by atoms with Crippen LogP contribution in [0, 0.1) is 0 Å². The van der Waals surface area contributed by atoms with Gasteiger partial charge in [-0.1, -0.05) is 30.3 Å². The molecule has 0 fully saturated rings. The predicted molar refractivity (Wildman–Crippen MR) is 111 cm³/mol. The lowest BCUT2D eigenvalue weighted by atomic mass is 10.1. The molecule has 0 atom stereocenters. The number of nitrogens with zero attached hydrogens (tertiary/aromatic N) is 2. The topological polar surface area (TPSA) is 88.6 Å². The highest BCUT2D eigenvalue weighted by Gasteiger charge is 2.35. The second kappa shape index (κ2) is 8.16. The number of pyridine rings is 1. The van der Waals surface area contributed by atoms with Gasteiger partial charge in [0.25, 0.3) is 17.7 Å². The smallest absolute Gasteiger partial charge is 0.261 e. The third-order valence-corrected chi connectivity index (χ3v) is 4.90. The Labute approximate surface area is 173 Å². The zero-order chi connectivity index (χ0) is 21.1. The van der Waals surface area contributed by atoms with E-state index in [1.165, 1.54) is 36.4 Å². The largest absolute Gasteiger partial charge is 0.481 e. The number of carbonyl (C=O) groups is 3. The molecule has 0 aliphatic carbocycles. The third-order valence-electron chi connectivity index (χ3n) is 4.90. The number of hydrogen-bond acceptors (Lipinski definition) is 5. The molecule has 0 saturated carbocycles. The van der Waals surface area contributed by atoms with Crippen LogP contribution in [0.5, 0.6) is 5.88 Å². The molecule has 3 amide bonds. The molecule has 7 nitrogen and oxygen atoms in total. The Morgan fingerprint density at radius 3 is 2.47 bits per heavy atom. The summed E-state index contributed by atoms with van der Waals surface area (Å²) in [5, 5.41) is 2.72. The fourth-order valence-electron chi connectivity index (χ4n) is 3.30. The van der Waals surface area contributed by atoms with Gasteiger partial charge in [-0.3, -0.25) is 19.3 Å². The Morgan fingerprint density at radius 2 is 1.77 bits per heavy atom. The Hall–Kier alpha value is -4.00. The van der Waals surface area contributed by atoms with Crippen molar-refractivity contribution in [3.8, 4) is 5.88 Å². The summed E-state index contributed by atoms with van der Waals surface area (Å²) in [5.74, 6) is -0.679. The van der Waals surface area contributed by atoms with Crippen LogP contribution in [-0.4, -0.2) is 41.3 Å². The number of rotatable bonds is 6. The molecule has 0 saturated heterocycles. The number of amides is 3. The number of fused-ring (bicyclic) bond motifs is 1. The normalized spacial score (nSPS) is 12.6. The molecule has 1 N–H and O–H groups in total. The van der Waals surface area contributed by atoms with E-state index in [2.05, 4.69) is 10.3 Å². The van der Waals surface area contributed by atoms with Crippen molar-refractivity contribution in [3.05, 3.63) is 89.1 Å². The minimum Gasteiger partial charge on any atom is -0.481 e. The number of aromatic nitrogens is 1. The van der Waals surface area contributed by atoms with Gasteiger partial charge in [0.2, 0.25) is 5.88 Å². The first-order valence-corrected chi connectivity index (χ1v) is 9.42. The van der Waals surface area contributed by atoms with E-state index < -0.39 is 5.91 Å².